The van der Waals surface area contributed by atoms with Crippen molar-refractivity contribution >= 4 is 39.4 Å². The third kappa shape index (κ3) is 6.96. The lowest BCUT2D eigenvalue weighted by Gasteiger charge is -2.14. The molecular formula is C22H25BrN4O3. The lowest BCUT2D eigenvalue weighted by atomic mass is 10.1. The largest absolute Gasteiger partial charge is 0.376 e. The number of rotatable bonds is 6. The van der Waals surface area contributed by atoms with Gasteiger partial charge in [-0.05, 0) is 48.7 Å². The van der Waals surface area contributed by atoms with E-state index in [-0.39, 0.29) is 17.9 Å². The van der Waals surface area contributed by atoms with Crippen molar-refractivity contribution in [3.63, 3.8) is 0 Å². The lowest BCUT2D eigenvalue weighted by molar-refractivity contribution is -0.119. The van der Waals surface area contributed by atoms with Crippen LogP contribution in [0.4, 0.5) is 5.69 Å². The van der Waals surface area contributed by atoms with Gasteiger partial charge in [0.2, 0.25) is 11.9 Å². The number of nitrogens with one attached hydrogen (secondary N) is 3. The summed E-state index contributed by atoms with van der Waals surface area (Å²) in [5.74, 6) is 0.00752. The van der Waals surface area contributed by atoms with Crippen LogP contribution in [-0.2, 0) is 16.1 Å². The van der Waals surface area contributed by atoms with Crippen LogP contribution in [0.15, 0.2) is 58.0 Å². The number of nitrogens with zero attached hydrogens (tertiary/aromatic N) is 1. The Balaban J connectivity index is 1.68. The zero-order valence-electron chi connectivity index (χ0n) is 16.8. The molecule has 0 aromatic heterocycles. The van der Waals surface area contributed by atoms with Crippen molar-refractivity contribution in [2.75, 3.05) is 18.5 Å². The average molecular weight is 473 g/mol. The Morgan fingerprint density at radius 3 is 2.67 bits per heavy atom. The third-order valence-corrected chi connectivity index (χ3v) is 5.05. The fourth-order valence-corrected chi connectivity index (χ4v) is 3.37. The SMILES string of the molecule is CC(=O)NCc1ccc(C(=O)NC(=NC[C@@H]2CCCO2)Nc2cccc(Br)c2)cc1. The quantitative estimate of drug-likeness (QED) is 0.443. The highest BCUT2D eigenvalue weighted by atomic mass is 79.9. The van der Waals surface area contributed by atoms with E-state index in [1.807, 2.05) is 36.4 Å². The van der Waals surface area contributed by atoms with Crippen molar-refractivity contribution in [1.29, 1.82) is 0 Å². The first-order chi connectivity index (χ1) is 14.5. The number of hydrogen-bond acceptors (Lipinski definition) is 4. The van der Waals surface area contributed by atoms with Crippen LogP contribution in [0.25, 0.3) is 0 Å². The zero-order valence-corrected chi connectivity index (χ0v) is 18.4. The Hall–Kier alpha value is -2.71. The highest BCUT2D eigenvalue weighted by Crippen LogP contribution is 2.16. The summed E-state index contributed by atoms with van der Waals surface area (Å²) in [6.45, 7) is 3.13. The van der Waals surface area contributed by atoms with E-state index in [0.29, 0.717) is 24.6 Å². The summed E-state index contributed by atoms with van der Waals surface area (Å²) in [6.07, 6.45) is 2.08. The Labute approximate surface area is 184 Å². The minimum atomic E-state index is -0.269. The van der Waals surface area contributed by atoms with Crippen molar-refractivity contribution < 1.29 is 14.3 Å². The highest BCUT2D eigenvalue weighted by molar-refractivity contribution is 9.10. The first-order valence-electron chi connectivity index (χ1n) is 9.83. The second-order valence-corrected chi connectivity index (χ2v) is 7.94. The minimum absolute atomic E-state index is 0.0780. The molecule has 3 N–H and O–H groups in total. The van der Waals surface area contributed by atoms with Crippen LogP contribution < -0.4 is 16.0 Å². The molecule has 8 heteroatoms. The summed E-state index contributed by atoms with van der Waals surface area (Å²) >= 11 is 3.45. The molecule has 1 heterocycles. The van der Waals surface area contributed by atoms with E-state index in [4.69, 9.17) is 4.74 Å². The van der Waals surface area contributed by atoms with Gasteiger partial charge in [0.05, 0.1) is 12.6 Å². The summed E-state index contributed by atoms with van der Waals surface area (Å²) in [5.41, 5.74) is 2.23. The van der Waals surface area contributed by atoms with Gasteiger partial charge in [0.15, 0.2) is 0 Å². The third-order valence-electron chi connectivity index (χ3n) is 4.55. The number of amides is 2. The van der Waals surface area contributed by atoms with Crippen LogP contribution in [0, 0.1) is 0 Å². The van der Waals surface area contributed by atoms with Crippen molar-refractivity contribution in [1.82, 2.24) is 10.6 Å². The number of guanidine groups is 1. The van der Waals surface area contributed by atoms with Crippen LogP contribution in [0.2, 0.25) is 0 Å². The summed E-state index contributed by atoms with van der Waals surface area (Å²) in [6, 6.07) is 14.7. The second-order valence-electron chi connectivity index (χ2n) is 7.02. The van der Waals surface area contributed by atoms with Gasteiger partial charge in [-0.1, -0.05) is 34.1 Å². The average Bonchev–Trinajstić information content (AvgIpc) is 3.24. The van der Waals surface area contributed by atoms with Crippen molar-refractivity contribution in [3.05, 3.63) is 64.1 Å². The summed E-state index contributed by atoms with van der Waals surface area (Å²) in [4.78, 5) is 28.3. The van der Waals surface area contributed by atoms with Gasteiger partial charge in [-0.15, -0.1) is 0 Å². The maximum absolute atomic E-state index is 12.7. The van der Waals surface area contributed by atoms with Gasteiger partial charge in [-0.3, -0.25) is 14.9 Å². The molecule has 0 spiro atoms. The van der Waals surface area contributed by atoms with Crippen molar-refractivity contribution in [3.8, 4) is 0 Å². The molecular weight excluding hydrogens is 448 g/mol. The van der Waals surface area contributed by atoms with E-state index in [2.05, 4.69) is 36.9 Å². The van der Waals surface area contributed by atoms with Gasteiger partial charge in [0.25, 0.3) is 5.91 Å². The Kier molecular flexibility index (Phi) is 7.98. The molecule has 2 aromatic rings. The number of ether oxygens (including phenoxy) is 1. The number of aliphatic imine (C=N–C) groups is 1. The Morgan fingerprint density at radius 1 is 1.20 bits per heavy atom. The number of benzene rings is 2. The van der Waals surface area contributed by atoms with Crippen LogP contribution in [0.3, 0.4) is 0 Å². The molecule has 1 atom stereocenters. The maximum atomic E-state index is 12.7. The zero-order chi connectivity index (χ0) is 21.3. The van der Waals surface area contributed by atoms with Gasteiger partial charge in [-0.25, -0.2) is 4.99 Å². The molecule has 7 nitrogen and oxygen atoms in total. The summed E-state index contributed by atoms with van der Waals surface area (Å²) in [5, 5.41) is 8.76. The van der Waals surface area contributed by atoms with E-state index < -0.39 is 0 Å². The second kappa shape index (κ2) is 10.9. The van der Waals surface area contributed by atoms with Crippen molar-refractivity contribution in [2.45, 2.75) is 32.4 Å². The fourth-order valence-electron chi connectivity index (χ4n) is 2.97. The molecule has 30 heavy (non-hydrogen) atoms. The summed E-state index contributed by atoms with van der Waals surface area (Å²) < 4.78 is 6.55. The Bertz CT molecular complexity index is 909. The van der Waals surface area contributed by atoms with Crippen LogP contribution >= 0.6 is 15.9 Å². The molecule has 1 aliphatic rings. The van der Waals surface area contributed by atoms with E-state index in [9.17, 15) is 9.59 Å². The van der Waals surface area contributed by atoms with Crippen LogP contribution in [-0.4, -0.2) is 37.0 Å². The van der Waals surface area contributed by atoms with E-state index in [0.717, 1.165) is 35.2 Å². The lowest BCUT2D eigenvalue weighted by Crippen LogP contribution is -2.36. The van der Waals surface area contributed by atoms with E-state index in [1.165, 1.54) is 6.92 Å². The first kappa shape index (κ1) is 22.0. The van der Waals surface area contributed by atoms with Crippen LogP contribution in [0.5, 0.6) is 0 Å². The van der Waals surface area contributed by atoms with E-state index >= 15 is 0 Å². The monoisotopic (exact) mass is 472 g/mol. The molecule has 0 radical (unpaired) electrons. The molecule has 0 unspecified atom stereocenters. The molecule has 2 amide bonds. The maximum Gasteiger partial charge on any atom is 0.257 e. The molecule has 1 fully saturated rings. The van der Waals surface area contributed by atoms with Gasteiger partial charge in [0.1, 0.15) is 0 Å². The predicted octanol–water partition coefficient (Wildman–Crippen LogP) is 3.46. The topological polar surface area (TPSA) is 91.8 Å². The molecule has 3 rings (SSSR count). The predicted molar refractivity (Wildman–Crippen MR) is 120 cm³/mol. The number of carbonyl (C=O) groups is 2. The molecule has 158 valence electrons. The minimum Gasteiger partial charge on any atom is -0.376 e. The van der Waals surface area contributed by atoms with Gasteiger partial charge >= 0.3 is 0 Å². The van der Waals surface area contributed by atoms with E-state index in [1.54, 1.807) is 12.1 Å². The standard InChI is InChI=1S/C22H25BrN4O3/c1-15(28)24-13-16-7-9-17(10-8-16)21(29)27-22(25-14-20-6-3-11-30-20)26-19-5-2-4-18(23)12-19/h2,4-5,7-10,12,20H,3,6,11,13-14H2,1H3,(H,24,28)(H2,25,26,27,29)/t20-/m0/s1. The Morgan fingerprint density at radius 2 is 2.00 bits per heavy atom. The number of carbonyl (C=O) groups excluding carboxylic acids is 2. The van der Waals surface area contributed by atoms with Gasteiger partial charge in [-0.2, -0.15) is 0 Å². The number of halogens is 1. The molecule has 1 aliphatic heterocycles. The van der Waals surface area contributed by atoms with Gasteiger partial charge < -0.3 is 15.4 Å². The number of anilines is 1. The highest BCUT2D eigenvalue weighted by Gasteiger charge is 2.16. The smallest absolute Gasteiger partial charge is 0.257 e. The normalized spacial score (nSPS) is 16.2. The first-order valence-corrected chi connectivity index (χ1v) is 10.6. The van der Waals surface area contributed by atoms with Crippen LogP contribution in [0.1, 0.15) is 35.7 Å². The summed E-state index contributed by atoms with van der Waals surface area (Å²) in [7, 11) is 0. The molecule has 0 saturated carbocycles. The molecule has 1 saturated heterocycles. The number of hydrogen-bond donors (Lipinski definition) is 3. The molecule has 2 aromatic carbocycles. The fraction of sp³-hybridized carbons (Fsp3) is 0.318. The molecule has 0 bridgehead atoms. The van der Waals surface area contributed by atoms with Gasteiger partial charge in [0, 0.05) is 35.8 Å². The van der Waals surface area contributed by atoms with Crippen molar-refractivity contribution in [2.24, 2.45) is 4.99 Å². The molecule has 0 aliphatic carbocycles.